The van der Waals surface area contributed by atoms with Crippen LogP contribution in [0.4, 0.5) is 0 Å². The van der Waals surface area contributed by atoms with Crippen LogP contribution >= 0.6 is 11.8 Å². The predicted molar refractivity (Wildman–Crippen MR) is 121 cm³/mol. The molecule has 31 heavy (non-hydrogen) atoms. The summed E-state index contributed by atoms with van der Waals surface area (Å²) in [4.78, 5) is 17.9. The van der Waals surface area contributed by atoms with Gasteiger partial charge < -0.3 is 4.42 Å². The average Bonchev–Trinajstić information content (AvgIpc) is 3.32. The van der Waals surface area contributed by atoms with Crippen LogP contribution in [0.25, 0.3) is 22.4 Å². The van der Waals surface area contributed by atoms with Crippen LogP contribution in [0.5, 0.6) is 0 Å². The molecule has 0 saturated heterocycles. The molecule has 0 bridgehead atoms. The molecular weight excluding hydrogens is 410 g/mol. The van der Waals surface area contributed by atoms with Gasteiger partial charge in [-0.05, 0) is 57.0 Å². The van der Waals surface area contributed by atoms with Crippen molar-refractivity contribution in [3.8, 4) is 5.69 Å². The Balaban J connectivity index is 1.74. The number of fused-ring (bicyclic) bond motifs is 3. The zero-order chi connectivity index (χ0) is 21.7. The lowest BCUT2D eigenvalue weighted by Crippen LogP contribution is -2.22. The Morgan fingerprint density at radius 1 is 1.00 bits per heavy atom. The highest BCUT2D eigenvalue weighted by Crippen LogP contribution is 2.27. The van der Waals surface area contributed by atoms with E-state index in [-0.39, 0.29) is 5.56 Å². The molecule has 0 N–H and O–H groups in total. The molecule has 0 fully saturated rings. The van der Waals surface area contributed by atoms with Crippen LogP contribution in [0.1, 0.15) is 28.5 Å². The number of aromatic nitrogens is 5. The summed E-state index contributed by atoms with van der Waals surface area (Å²) in [7, 11) is 0. The van der Waals surface area contributed by atoms with E-state index in [0.29, 0.717) is 28.0 Å². The van der Waals surface area contributed by atoms with Gasteiger partial charge in [0.1, 0.15) is 5.76 Å². The standard InChI is InChI=1S/C23H21N5O2S/c1-13-8-7-11-18(14(13)2)27-21(29)17-9-5-6-10-19(17)28-22(27)25-26-23(28)31-12-20-24-15(3)16(4)30-20/h5-11H,12H2,1-4H3. The van der Waals surface area contributed by atoms with Crippen molar-refractivity contribution in [1.82, 2.24) is 24.1 Å². The van der Waals surface area contributed by atoms with Crippen molar-refractivity contribution in [3.05, 3.63) is 81.3 Å². The highest BCUT2D eigenvalue weighted by atomic mass is 32.2. The third-order valence-electron chi connectivity index (χ3n) is 5.61. The summed E-state index contributed by atoms with van der Waals surface area (Å²) in [6.07, 6.45) is 0. The monoisotopic (exact) mass is 431 g/mol. The molecule has 3 aromatic heterocycles. The maximum absolute atomic E-state index is 13.5. The molecule has 0 spiro atoms. The van der Waals surface area contributed by atoms with Gasteiger partial charge in [0.2, 0.25) is 11.7 Å². The Labute approximate surface area is 182 Å². The Bertz CT molecular complexity index is 1490. The van der Waals surface area contributed by atoms with Crippen LogP contribution in [0, 0.1) is 27.7 Å². The first-order valence-electron chi connectivity index (χ1n) is 9.97. The van der Waals surface area contributed by atoms with Crippen molar-refractivity contribution >= 4 is 28.4 Å². The first kappa shape index (κ1) is 19.6. The van der Waals surface area contributed by atoms with Crippen molar-refractivity contribution in [1.29, 1.82) is 0 Å². The number of rotatable bonds is 4. The zero-order valence-electron chi connectivity index (χ0n) is 17.7. The van der Waals surface area contributed by atoms with E-state index in [1.54, 1.807) is 4.57 Å². The molecule has 0 atom stereocenters. The number of benzene rings is 2. The highest BCUT2D eigenvalue weighted by Gasteiger charge is 2.19. The molecule has 8 heteroatoms. The summed E-state index contributed by atoms with van der Waals surface area (Å²) < 4.78 is 9.30. The molecule has 5 rings (SSSR count). The Morgan fingerprint density at radius 2 is 1.81 bits per heavy atom. The molecule has 3 heterocycles. The summed E-state index contributed by atoms with van der Waals surface area (Å²) in [5.74, 6) is 2.46. The van der Waals surface area contributed by atoms with Crippen LogP contribution in [-0.2, 0) is 5.75 Å². The van der Waals surface area contributed by atoms with Gasteiger partial charge >= 0.3 is 0 Å². The second-order valence-electron chi connectivity index (χ2n) is 7.53. The zero-order valence-corrected chi connectivity index (χ0v) is 18.5. The third-order valence-corrected chi connectivity index (χ3v) is 6.52. The van der Waals surface area contributed by atoms with Crippen molar-refractivity contribution in [2.24, 2.45) is 0 Å². The van der Waals surface area contributed by atoms with Gasteiger partial charge in [0.15, 0.2) is 5.16 Å². The van der Waals surface area contributed by atoms with E-state index in [1.807, 2.05) is 74.6 Å². The summed E-state index contributed by atoms with van der Waals surface area (Å²) >= 11 is 1.48. The van der Waals surface area contributed by atoms with Gasteiger partial charge in [0.25, 0.3) is 5.56 Å². The van der Waals surface area contributed by atoms with Gasteiger partial charge in [0, 0.05) is 0 Å². The van der Waals surface area contributed by atoms with Crippen LogP contribution in [0.2, 0.25) is 0 Å². The number of para-hydroxylation sites is 1. The van der Waals surface area contributed by atoms with Crippen LogP contribution in [0.3, 0.4) is 0 Å². The fourth-order valence-electron chi connectivity index (χ4n) is 3.69. The van der Waals surface area contributed by atoms with E-state index < -0.39 is 0 Å². The predicted octanol–water partition coefficient (Wildman–Crippen LogP) is 4.55. The van der Waals surface area contributed by atoms with Crippen LogP contribution < -0.4 is 5.56 Å². The maximum Gasteiger partial charge on any atom is 0.267 e. The second kappa shape index (κ2) is 7.39. The van der Waals surface area contributed by atoms with Gasteiger partial charge in [-0.3, -0.25) is 9.20 Å². The number of thioether (sulfide) groups is 1. The van der Waals surface area contributed by atoms with Gasteiger partial charge in [-0.1, -0.05) is 36.0 Å². The quantitative estimate of drug-likeness (QED) is 0.389. The van der Waals surface area contributed by atoms with Crippen molar-refractivity contribution in [2.45, 2.75) is 38.6 Å². The Morgan fingerprint density at radius 3 is 2.58 bits per heavy atom. The molecule has 0 unspecified atom stereocenters. The van der Waals surface area contributed by atoms with Crippen molar-refractivity contribution in [2.75, 3.05) is 0 Å². The number of nitrogens with zero attached hydrogens (tertiary/aromatic N) is 5. The third kappa shape index (κ3) is 3.14. The Hall–Kier alpha value is -3.39. The summed E-state index contributed by atoms with van der Waals surface area (Å²) in [5.41, 5.74) is 4.50. The van der Waals surface area contributed by atoms with E-state index in [4.69, 9.17) is 4.42 Å². The van der Waals surface area contributed by atoms with Crippen LogP contribution in [-0.4, -0.2) is 24.1 Å². The van der Waals surface area contributed by atoms with E-state index in [9.17, 15) is 4.79 Å². The number of oxazole rings is 1. The minimum atomic E-state index is -0.111. The lowest BCUT2D eigenvalue weighted by Gasteiger charge is -2.14. The van der Waals surface area contributed by atoms with E-state index in [2.05, 4.69) is 15.2 Å². The minimum absolute atomic E-state index is 0.111. The fourth-order valence-corrected chi connectivity index (χ4v) is 4.48. The van der Waals surface area contributed by atoms with Crippen molar-refractivity contribution in [3.63, 3.8) is 0 Å². The second-order valence-corrected chi connectivity index (χ2v) is 8.48. The first-order valence-corrected chi connectivity index (χ1v) is 11.0. The average molecular weight is 432 g/mol. The number of hydrogen-bond acceptors (Lipinski definition) is 6. The number of aryl methyl sites for hydroxylation is 3. The molecule has 0 aliphatic heterocycles. The summed E-state index contributed by atoms with van der Waals surface area (Å²) in [5, 5.41) is 10.1. The normalized spacial score (nSPS) is 11.6. The molecular formula is C23H21N5O2S. The molecule has 2 aromatic carbocycles. The van der Waals surface area contributed by atoms with Crippen LogP contribution in [0.15, 0.2) is 56.8 Å². The van der Waals surface area contributed by atoms with Gasteiger partial charge in [0.05, 0.1) is 28.0 Å². The maximum atomic E-state index is 13.5. The van der Waals surface area contributed by atoms with Crippen molar-refractivity contribution < 1.29 is 4.42 Å². The molecule has 7 nitrogen and oxygen atoms in total. The molecule has 156 valence electrons. The van der Waals surface area contributed by atoms with Gasteiger partial charge in [-0.15, -0.1) is 10.2 Å². The smallest absolute Gasteiger partial charge is 0.267 e. The van der Waals surface area contributed by atoms with E-state index >= 15 is 0 Å². The molecule has 0 radical (unpaired) electrons. The molecule has 0 saturated carbocycles. The molecule has 0 aliphatic carbocycles. The van der Waals surface area contributed by atoms with E-state index in [0.717, 1.165) is 33.8 Å². The molecule has 5 aromatic rings. The topological polar surface area (TPSA) is 78.2 Å². The van der Waals surface area contributed by atoms with Gasteiger partial charge in [-0.25, -0.2) is 9.55 Å². The van der Waals surface area contributed by atoms with E-state index in [1.165, 1.54) is 11.8 Å². The number of hydrogen-bond donors (Lipinski definition) is 0. The SMILES string of the molecule is Cc1cccc(-n2c(=O)c3ccccc3n3c(SCc4nc(C)c(C)o4)nnc23)c1C. The first-order chi connectivity index (χ1) is 15.0. The van der Waals surface area contributed by atoms with Gasteiger partial charge in [-0.2, -0.15) is 0 Å². The highest BCUT2D eigenvalue weighted by molar-refractivity contribution is 7.98. The lowest BCUT2D eigenvalue weighted by atomic mass is 10.1. The fraction of sp³-hybridized carbons (Fsp3) is 0.217. The molecule has 0 aliphatic rings. The summed E-state index contributed by atoms with van der Waals surface area (Å²) in [6.45, 7) is 7.88. The summed E-state index contributed by atoms with van der Waals surface area (Å²) in [6, 6.07) is 13.5. The lowest BCUT2D eigenvalue weighted by molar-refractivity contribution is 0.489. The largest absolute Gasteiger partial charge is 0.445 e. The Kier molecular flexibility index (Phi) is 4.66. The minimum Gasteiger partial charge on any atom is -0.445 e. The molecule has 0 amide bonds.